The zero-order chi connectivity index (χ0) is 11.5. The lowest BCUT2D eigenvalue weighted by molar-refractivity contribution is 0.141. The van der Waals surface area contributed by atoms with Gasteiger partial charge in [0.05, 0.1) is 5.39 Å². The number of hydrogen-bond acceptors (Lipinski definition) is 4. The van der Waals surface area contributed by atoms with E-state index in [4.69, 9.17) is 10.2 Å². The Bertz CT molecular complexity index is 588. The second-order valence-electron chi connectivity index (χ2n) is 3.18. The normalized spacial score (nSPS) is 10.2. The van der Waals surface area contributed by atoms with Crippen LogP contribution >= 0.6 is 0 Å². The molecule has 0 fully saturated rings. The van der Waals surface area contributed by atoms with E-state index >= 15 is 0 Å². The van der Waals surface area contributed by atoms with Crippen LogP contribution in [0.2, 0.25) is 0 Å². The first-order valence-corrected chi connectivity index (χ1v) is 4.61. The third-order valence-electron chi connectivity index (χ3n) is 2.04. The van der Waals surface area contributed by atoms with E-state index < -0.39 is 6.09 Å². The molecule has 82 valence electrons. The van der Waals surface area contributed by atoms with Crippen molar-refractivity contribution in [3.8, 4) is 0 Å². The Kier molecular flexibility index (Phi) is 2.59. The summed E-state index contributed by atoms with van der Waals surface area (Å²) in [4.78, 5) is 22.0. The van der Waals surface area contributed by atoms with Gasteiger partial charge in [-0.3, -0.25) is 4.79 Å². The van der Waals surface area contributed by atoms with E-state index in [1.54, 1.807) is 24.3 Å². The molecule has 0 saturated heterocycles. The van der Waals surface area contributed by atoms with E-state index in [1.807, 2.05) is 0 Å². The third kappa shape index (κ3) is 2.03. The number of benzene rings is 1. The Morgan fingerprint density at radius 3 is 2.88 bits per heavy atom. The van der Waals surface area contributed by atoms with E-state index in [9.17, 15) is 9.59 Å². The largest absolute Gasteiger partial charge is 0.457 e. The van der Waals surface area contributed by atoms with Gasteiger partial charge in [-0.1, -0.05) is 12.1 Å². The van der Waals surface area contributed by atoms with Crippen molar-refractivity contribution in [2.75, 3.05) is 0 Å². The Morgan fingerprint density at radius 1 is 1.38 bits per heavy atom. The highest BCUT2D eigenvalue weighted by Gasteiger charge is 2.05. The molecule has 1 aromatic heterocycles. The third-order valence-corrected chi connectivity index (χ3v) is 2.04. The number of primary amides is 1. The molecule has 2 N–H and O–H groups in total. The van der Waals surface area contributed by atoms with E-state index in [0.717, 1.165) is 0 Å². The van der Waals surface area contributed by atoms with Crippen molar-refractivity contribution in [3.05, 3.63) is 46.3 Å². The molecule has 5 heteroatoms. The highest BCUT2D eigenvalue weighted by atomic mass is 16.6. The van der Waals surface area contributed by atoms with Gasteiger partial charge in [0.2, 0.25) is 0 Å². The van der Waals surface area contributed by atoms with Gasteiger partial charge in [-0.25, -0.2) is 4.79 Å². The quantitative estimate of drug-likeness (QED) is 0.827. The summed E-state index contributed by atoms with van der Waals surface area (Å²) < 4.78 is 9.90. The summed E-state index contributed by atoms with van der Waals surface area (Å²) in [5, 5.41) is 0.491. The van der Waals surface area contributed by atoms with Crippen LogP contribution in [-0.2, 0) is 11.3 Å². The zero-order valence-electron chi connectivity index (χ0n) is 8.30. The van der Waals surface area contributed by atoms with Crippen molar-refractivity contribution in [2.45, 2.75) is 6.61 Å². The van der Waals surface area contributed by atoms with Gasteiger partial charge in [-0.15, -0.1) is 0 Å². The lowest BCUT2D eigenvalue weighted by Crippen LogP contribution is -2.13. The molecule has 0 radical (unpaired) electrons. The Hall–Kier alpha value is -2.30. The molecule has 0 atom stereocenters. The lowest BCUT2D eigenvalue weighted by atomic mass is 10.2. The van der Waals surface area contributed by atoms with Crippen LogP contribution in [0.15, 0.2) is 39.5 Å². The summed E-state index contributed by atoms with van der Waals surface area (Å²) in [6.45, 7) is -0.143. The molecule has 0 aliphatic rings. The van der Waals surface area contributed by atoms with Crippen LogP contribution in [0.4, 0.5) is 4.79 Å². The van der Waals surface area contributed by atoms with Crippen molar-refractivity contribution in [1.29, 1.82) is 0 Å². The number of hydrogen-bond donors (Lipinski definition) is 1. The molecule has 2 aromatic rings. The SMILES string of the molecule is NC(=O)OCc1cc(=O)c2ccccc2o1. The van der Waals surface area contributed by atoms with Crippen molar-refractivity contribution in [1.82, 2.24) is 0 Å². The summed E-state index contributed by atoms with van der Waals surface area (Å²) in [5.41, 5.74) is 5.09. The van der Waals surface area contributed by atoms with E-state index in [-0.39, 0.29) is 17.8 Å². The van der Waals surface area contributed by atoms with Crippen LogP contribution in [0.3, 0.4) is 0 Å². The molecule has 0 spiro atoms. The second-order valence-corrected chi connectivity index (χ2v) is 3.18. The van der Waals surface area contributed by atoms with E-state index in [2.05, 4.69) is 4.74 Å². The van der Waals surface area contributed by atoms with Gasteiger partial charge >= 0.3 is 6.09 Å². The maximum Gasteiger partial charge on any atom is 0.404 e. The summed E-state index contributed by atoms with van der Waals surface area (Å²) in [5.74, 6) is 0.266. The first kappa shape index (κ1) is 10.2. The van der Waals surface area contributed by atoms with Crippen LogP contribution in [-0.4, -0.2) is 6.09 Å². The predicted octanol–water partition coefficient (Wildman–Crippen LogP) is 1.39. The standard InChI is InChI=1S/C11H9NO4/c12-11(14)15-6-7-5-9(13)8-3-1-2-4-10(8)16-7/h1-5H,6H2,(H2,12,14). The van der Waals surface area contributed by atoms with Crippen molar-refractivity contribution >= 4 is 17.1 Å². The van der Waals surface area contributed by atoms with Gasteiger partial charge in [0.15, 0.2) is 12.0 Å². The molecule has 0 saturated carbocycles. The molecule has 2 rings (SSSR count). The van der Waals surface area contributed by atoms with E-state index in [1.165, 1.54) is 6.07 Å². The molecular formula is C11H9NO4. The van der Waals surface area contributed by atoms with Crippen LogP contribution < -0.4 is 11.2 Å². The van der Waals surface area contributed by atoms with Gasteiger partial charge in [0, 0.05) is 6.07 Å². The van der Waals surface area contributed by atoms with Crippen molar-refractivity contribution in [2.24, 2.45) is 5.73 Å². The van der Waals surface area contributed by atoms with Crippen LogP contribution in [0, 0.1) is 0 Å². The molecule has 5 nitrogen and oxygen atoms in total. The fourth-order valence-electron chi connectivity index (χ4n) is 1.37. The number of para-hydroxylation sites is 1. The Morgan fingerprint density at radius 2 is 2.12 bits per heavy atom. The Labute approximate surface area is 90.4 Å². The van der Waals surface area contributed by atoms with Gasteiger partial charge < -0.3 is 14.9 Å². The van der Waals surface area contributed by atoms with Crippen molar-refractivity contribution < 1.29 is 13.9 Å². The molecule has 1 heterocycles. The zero-order valence-corrected chi connectivity index (χ0v) is 8.30. The average molecular weight is 219 g/mol. The molecule has 0 aliphatic carbocycles. The second kappa shape index (κ2) is 4.06. The average Bonchev–Trinajstić information content (AvgIpc) is 2.26. The number of ether oxygens (including phenoxy) is 1. The molecule has 0 bridgehead atoms. The highest BCUT2D eigenvalue weighted by Crippen LogP contribution is 2.12. The van der Waals surface area contributed by atoms with Gasteiger partial charge in [0.25, 0.3) is 0 Å². The van der Waals surface area contributed by atoms with Gasteiger partial charge in [-0.05, 0) is 12.1 Å². The smallest absolute Gasteiger partial charge is 0.404 e. The summed E-state index contributed by atoms with van der Waals surface area (Å²) >= 11 is 0. The molecular weight excluding hydrogens is 210 g/mol. The van der Waals surface area contributed by atoms with Crippen LogP contribution in [0.25, 0.3) is 11.0 Å². The summed E-state index contributed by atoms with van der Waals surface area (Å²) in [6, 6.07) is 8.12. The number of carbonyl (C=O) groups excluding carboxylic acids is 1. The minimum Gasteiger partial charge on any atom is -0.457 e. The maximum atomic E-state index is 11.6. The molecule has 1 aromatic carbocycles. The minimum absolute atomic E-state index is 0.143. The molecule has 0 unspecified atom stereocenters. The first-order valence-electron chi connectivity index (χ1n) is 4.61. The first-order chi connectivity index (χ1) is 7.66. The number of nitrogens with two attached hydrogens (primary N) is 1. The fourth-order valence-corrected chi connectivity index (χ4v) is 1.37. The number of fused-ring (bicyclic) bond motifs is 1. The summed E-state index contributed by atoms with van der Waals surface area (Å²) in [6.07, 6.45) is -0.907. The highest BCUT2D eigenvalue weighted by molar-refractivity contribution is 5.76. The van der Waals surface area contributed by atoms with Crippen LogP contribution in [0.5, 0.6) is 0 Å². The predicted molar refractivity (Wildman–Crippen MR) is 56.9 cm³/mol. The van der Waals surface area contributed by atoms with Crippen LogP contribution in [0.1, 0.15) is 5.76 Å². The minimum atomic E-state index is -0.907. The molecule has 0 aliphatic heterocycles. The molecule has 1 amide bonds. The monoisotopic (exact) mass is 219 g/mol. The van der Waals surface area contributed by atoms with Crippen molar-refractivity contribution in [3.63, 3.8) is 0 Å². The Balaban J connectivity index is 2.42. The lowest BCUT2D eigenvalue weighted by Gasteiger charge is -2.02. The number of rotatable bonds is 2. The number of amides is 1. The summed E-state index contributed by atoms with van der Waals surface area (Å²) in [7, 11) is 0. The van der Waals surface area contributed by atoms with Gasteiger partial charge in [-0.2, -0.15) is 0 Å². The number of carbonyl (C=O) groups is 1. The van der Waals surface area contributed by atoms with E-state index in [0.29, 0.717) is 11.0 Å². The van der Waals surface area contributed by atoms with Gasteiger partial charge in [0.1, 0.15) is 11.3 Å². The maximum absolute atomic E-state index is 11.6. The molecule has 16 heavy (non-hydrogen) atoms. The topological polar surface area (TPSA) is 82.5 Å². The fraction of sp³-hybridized carbons (Fsp3) is 0.0909.